The first-order valence-electron chi connectivity index (χ1n) is 10.3. The van der Waals surface area contributed by atoms with Gasteiger partial charge in [-0.05, 0) is 47.5 Å². The summed E-state index contributed by atoms with van der Waals surface area (Å²) in [6.45, 7) is 0. The molecule has 0 saturated heterocycles. The molecule has 3 aromatic rings. The lowest BCUT2D eigenvalue weighted by Crippen LogP contribution is -2.28. The van der Waals surface area contributed by atoms with Crippen LogP contribution in [0.5, 0.6) is 0 Å². The monoisotopic (exact) mass is 509 g/mol. The number of rotatable bonds is 6. The second kappa shape index (κ2) is 10.1. The Morgan fingerprint density at radius 2 is 1.66 bits per heavy atom. The van der Waals surface area contributed by atoms with Crippen LogP contribution in [0.15, 0.2) is 88.4 Å². The maximum Gasteiger partial charge on any atom is 0.243 e. The van der Waals surface area contributed by atoms with Gasteiger partial charge >= 0.3 is 0 Å². The number of carbonyl (C=O) groups is 2. The van der Waals surface area contributed by atoms with Crippen LogP contribution in [0.3, 0.4) is 0 Å². The van der Waals surface area contributed by atoms with Crippen molar-refractivity contribution in [2.24, 2.45) is 5.10 Å². The molecule has 2 amide bonds. The number of hydrogen-bond acceptors (Lipinski definition) is 3. The van der Waals surface area contributed by atoms with E-state index in [-0.39, 0.29) is 30.7 Å². The van der Waals surface area contributed by atoms with E-state index in [0.717, 1.165) is 21.3 Å². The van der Waals surface area contributed by atoms with Crippen LogP contribution in [0.2, 0.25) is 5.02 Å². The highest BCUT2D eigenvalue weighted by Crippen LogP contribution is 2.33. The molecule has 0 unspecified atom stereocenters. The number of amides is 2. The van der Waals surface area contributed by atoms with E-state index in [1.165, 1.54) is 5.01 Å². The lowest BCUT2D eigenvalue weighted by Gasteiger charge is -2.22. The van der Waals surface area contributed by atoms with Gasteiger partial charge in [-0.1, -0.05) is 70.0 Å². The summed E-state index contributed by atoms with van der Waals surface area (Å²) < 4.78 is 0.985. The van der Waals surface area contributed by atoms with E-state index in [1.807, 2.05) is 54.6 Å². The summed E-state index contributed by atoms with van der Waals surface area (Å²) in [6, 6.07) is 24.4. The molecule has 1 heterocycles. The Labute approximate surface area is 200 Å². The fourth-order valence-corrected chi connectivity index (χ4v) is 3.97. The van der Waals surface area contributed by atoms with Crippen molar-refractivity contribution in [1.82, 2.24) is 5.01 Å². The first-order chi connectivity index (χ1) is 15.5. The SMILES string of the molecule is O=C(CCC(=O)N1N=C(c2ccc(Br)cc2)C[C@H]1c1ccccc1)Nc1ccc(Cl)cc1. The van der Waals surface area contributed by atoms with Crippen molar-refractivity contribution in [3.8, 4) is 0 Å². The summed E-state index contributed by atoms with van der Waals surface area (Å²) in [6.07, 6.45) is 0.761. The van der Waals surface area contributed by atoms with Gasteiger partial charge in [0.05, 0.1) is 11.8 Å². The van der Waals surface area contributed by atoms with Crippen LogP contribution in [0.1, 0.15) is 36.4 Å². The molecule has 32 heavy (non-hydrogen) atoms. The van der Waals surface area contributed by atoms with Gasteiger partial charge in [0.15, 0.2) is 0 Å². The van der Waals surface area contributed by atoms with E-state index in [9.17, 15) is 9.59 Å². The molecule has 1 N–H and O–H groups in total. The van der Waals surface area contributed by atoms with Gasteiger partial charge < -0.3 is 5.32 Å². The van der Waals surface area contributed by atoms with Crippen LogP contribution in [-0.2, 0) is 9.59 Å². The Morgan fingerprint density at radius 1 is 0.969 bits per heavy atom. The van der Waals surface area contributed by atoms with E-state index in [1.54, 1.807) is 24.3 Å². The maximum absolute atomic E-state index is 13.1. The average molecular weight is 511 g/mol. The zero-order valence-electron chi connectivity index (χ0n) is 17.2. The highest BCUT2D eigenvalue weighted by atomic mass is 79.9. The molecule has 5 nitrogen and oxygen atoms in total. The molecular formula is C25H21BrClN3O2. The van der Waals surface area contributed by atoms with Gasteiger partial charge in [0.25, 0.3) is 0 Å². The van der Waals surface area contributed by atoms with Crippen LogP contribution in [0.25, 0.3) is 0 Å². The molecule has 3 aromatic carbocycles. The van der Waals surface area contributed by atoms with Gasteiger partial charge in [0.1, 0.15) is 0 Å². The van der Waals surface area contributed by atoms with E-state index >= 15 is 0 Å². The first kappa shape index (κ1) is 22.2. The normalized spacial score (nSPS) is 15.4. The van der Waals surface area contributed by atoms with Crippen LogP contribution in [0.4, 0.5) is 5.69 Å². The van der Waals surface area contributed by atoms with Gasteiger partial charge in [-0.3, -0.25) is 9.59 Å². The van der Waals surface area contributed by atoms with Crippen molar-refractivity contribution < 1.29 is 9.59 Å². The van der Waals surface area contributed by atoms with Crippen LogP contribution in [0, 0.1) is 0 Å². The maximum atomic E-state index is 13.1. The molecule has 0 fully saturated rings. The second-order valence-corrected chi connectivity index (χ2v) is 8.83. The minimum atomic E-state index is -0.228. The quantitative estimate of drug-likeness (QED) is 0.429. The Hall–Kier alpha value is -2.96. The molecule has 0 aliphatic carbocycles. The summed E-state index contributed by atoms with van der Waals surface area (Å²) in [5, 5.41) is 9.57. The lowest BCUT2D eigenvalue weighted by molar-refractivity contribution is -0.134. The van der Waals surface area contributed by atoms with Crippen molar-refractivity contribution in [3.05, 3.63) is 99.5 Å². The van der Waals surface area contributed by atoms with Crippen LogP contribution >= 0.6 is 27.5 Å². The highest BCUT2D eigenvalue weighted by molar-refractivity contribution is 9.10. The Balaban J connectivity index is 1.47. The molecule has 1 atom stereocenters. The number of carbonyl (C=O) groups excluding carboxylic acids is 2. The van der Waals surface area contributed by atoms with E-state index in [0.29, 0.717) is 17.1 Å². The summed E-state index contributed by atoms with van der Waals surface area (Å²) in [5.74, 6) is -0.412. The largest absolute Gasteiger partial charge is 0.326 e. The smallest absolute Gasteiger partial charge is 0.243 e. The van der Waals surface area contributed by atoms with E-state index in [2.05, 4.69) is 26.3 Å². The third-order valence-electron chi connectivity index (χ3n) is 5.22. The number of nitrogens with one attached hydrogen (secondary N) is 1. The topological polar surface area (TPSA) is 61.8 Å². The fraction of sp³-hybridized carbons (Fsp3) is 0.160. The molecule has 0 spiro atoms. The Kier molecular flexibility index (Phi) is 7.02. The Morgan fingerprint density at radius 3 is 2.34 bits per heavy atom. The third-order valence-corrected chi connectivity index (χ3v) is 6.00. The third kappa shape index (κ3) is 5.44. The minimum absolute atomic E-state index is 0.0693. The van der Waals surface area contributed by atoms with Crippen molar-refractivity contribution in [3.63, 3.8) is 0 Å². The van der Waals surface area contributed by atoms with Crippen LogP contribution in [-0.4, -0.2) is 22.5 Å². The molecule has 1 aliphatic heterocycles. The second-order valence-electron chi connectivity index (χ2n) is 7.48. The molecule has 0 radical (unpaired) electrons. The van der Waals surface area contributed by atoms with Gasteiger partial charge in [0.2, 0.25) is 11.8 Å². The minimum Gasteiger partial charge on any atom is -0.326 e. The average Bonchev–Trinajstić information content (AvgIpc) is 3.26. The first-order valence-corrected chi connectivity index (χ1v) is 11.4. The van der Waals surface area contributed by atoms with Crippen molar-refractivity contribution in [2.75, 3.05) is 5.32 Å². The molecule has 0 saturated carbocycles. The van der Waals surface area contributed by atoms with Gasteiger partial charge in [-0.2, -0.15) is 5.10 Å². The molecule has 4 rings (SSSR count). The molecule has 162 valence electrons. The summed E-state index contributed by atoms with van der Waals surface area (Å²) >= 11 is 9.32. The predicted molar refractivity (Wildman–Crippen MR) is 131 cm³/mol. The Bertz CT molecular complexity index is 1130. The van der Waals surface area contributed by atoms with Gasteiger partial charge in [0, 0.05) is 34.4 Å². The molecule has 0 aromatic heterocycles. The van der Waals surface area contributed by atoms with Gasteiger partial charge in [-0.15, -0.1) is 0 Å². The summed E-state index contributed by atoms with van der Waals surface area (Å²) in [5.41, 5.74) is 3.49. The number of halogens is 2. The number of hydrogen-bond donors (Lipinski definition) is 1. The molecule has 0 bridgehead atoms. The van der Waals surface area contributed by atoms with Crippen molar-refractivity contribution in [2.45, 2.75) is 25.3 Å². The summed E-state index contributed by atoms with van der Waals surface area (Å²) in [7, 11) is 0. The number of nitrogens with zero attached hydrogens (tertiary/aromatic N) is 2. The fourth-order valence-electron chi connectivity index (χ4n) is 3.58. The predicted octanol–water partition coefficient (Wildman–Crippen LogP) is 6.20. The zero-order chi connectivity index (χ0) is 22.5. The number of hydrazone groups is 1. The lowest BCUT2D eigenvalue weighted by atomic mass is 9.98. The molecule has 7 heteroatoms. The van der Waals surface area contributed by atoms with Crippen molar-refractivity contribution >= 4 is 50.7 Å². The highest BCUT2D eigenvalue weighted by Gasteiger charge is 2.32. The molecule has 1 aliphatic rings. The summed E-state index contributed by atoms with van der Waals surface area (Å²) in [4.78, 5) is 25.4. The van der Waals surface area contributed by atoms with E-state index in [4.69, 9.17) is 11.6 Å². The zero-order valence-corrected chi connectivity index (χ0v) is 19.5. The number of anilines is 1. The van der Waals surface area contributed by atoms with Crippen molar-refractivity contribution in [1.29, 1.82) is 0 Å². The molecular weight excluding hydrogens is 490 g/mol. The van der Waals surface area contributed by atoms with Crippen LogP contribution < -0.4 is 5.32 Å². The van der Waals surface area contributed by atoms with Gasteiger partial charge in [-0.25, -0.2) is 5.01 Å². The van der Waals surface area contributed by atoms with E-state index < -0.39 is 0 Å². The number of benzene rings is 3. The standard InChI is InChI=1S/C25H21BrClN3O2/c26-19-8-6-17(7-9-19)22-16-23(18-4-2-1-3-5-18)30(29-22)25(32)15-14-24(31)28-21-12-10-20(27)11-13-21/h1-13,23H,14-16H2,(H,28,31)/t23-/m0/s1.